The molecular formula is C55H56N4O2. The van der Waals surface area contributed by atoms with E-state index in [-0.39, 0.29) is 22.3 Å². The van der Waals surface area contributed by atoms with Gasteiger partial charge in [0, 0.05) is 48.9 Å². The number of H-pyrrole nitrogens is 1. The monoisotopic (exact) mass is 804 g/mol. The molecule has 0 saturated heterocycles. The number of fused-ring (bicyclic) bond motifs is 14. The SMILES string of the molecule is CCCCCCCCc1ccc(-c2c3nc(c4cc(C(C)(C)C)cc(c4O)c4ccc5ccc6ccc(nc6c5n4)c4cc(C(C)(C)C)cc(c4O)c4ccc2[nH]4)C=C3)cc1. The summed E-state index contributed by atoms with van der Waals surface area (Å²) in [7, 11) is 0. The number of nitrogens with zero attached hydrogens (tertiary/aromatic N) is 3. The van der Waals surface area contributed by atoms with E-state index in [2.05, 4.69) is 132 Å². The average molecular weight is 805 g/mol. The summed E-state index contributed by atoms with van der Waals surface area (Å²) in [6.07, 6.45) is 12.7. The predicted octanol–water partition coefficient (Wildman–Crippen LogP) is 14.9. The molecule has 0 amide bonds. The van der Waals surface area contributed by atoms with Crippen molar-refractivity contribution in [2.45, 2.75) is 104 Å². The van der Waals surface area contributed by atoms with Gasteiger partial charge in [-0.15, -0.1) is 0 Å². The molecule has 308 valence electrons. The molecule has 12 bridgehead atoms. The second-order valence-corrected chi connectivity index (χ2v) is 19.0. The second-order valence-electron chi connectivity index (χ2n) is 19.0. The van der Waals surface area contributed by atoms with Crippen LogP contribution in [0.15, 0.2) is 97.1 Å². The number of unbranched alkanes of at least 4 members (excludes halogenated alkanes) is 5. The summed E-state index contributed by atoms with van der Waals surface area (Å²) >= 11 is 0. The Balaban J connectivity index is 1.39. The molecule has 0 spiro atoms. The third-order valence-electron chi connectivity index (χ3n) is 12.5. The van der Waals surface area contributed by atoms with E-state index in [9.17, 15) is 10.2 Å². The number of aromatic nitrogens is 4. The van der Waals surface area contributed by atoms with Gasteiger partial charge >= 0.3 is 0 Å². The summed E-state index contributed by atoms with van der Waals surface area (Å²) in [5, 5.41) is 29.1. The minimum Gasteiger partial charge on any atom is -0.507 e. The van der Waals surface area contributed by atoms with Gasteiger partial charge in [0.25, 0.3) is 0 Å². The number of phenols is 2. The van der Waals surface area contributed by atoms with Crippen molar-refractivity contribution >= 4 is 77.6 Å². The van der Waals surface area contributed by atoms with E-state index in [1.54, 1.807) is 0 Å². The summed E-state index contributed by atoms with van der Waals surface area (Å²) < 4.78 is 0. The molecule has 0 fully saturated rings. The Morgan fingerprint density at radius 2 is 1.02 bits per heavy atom. The zero-order valence-corrected chi connectivity index (χ0v) is 36.6. The fourth-order valence-corrected chi connectivity index (χ4v) is 8.73. The first-order valence-electron chi connectivity index (χ1n) is 22.0. The Kier molecular flexibility index (Phi) is 10.3. The van der Waals surface area contributed by atoms with E-state index >= 15 is 0 Å². The van der Waals surface area contributed by atoms with Crippen LogP contribution in [0, 0.1) is 0 Å². The van der Waals surface area contributed by atoms with Crippen LogP contribution in [0.4, 0.5) is 0 Å². The lowest BCUT2D eigenvalue weighted by Crippen LogP contribution is -2.10. The first kappa shape index (κ1) is 40.2. The van der Waals surface area contributed by atoms with E-state index in [0.29, 0.717) is 38.3 Å². The van der Waals surface area contributed by atoms with Gasteiger partial charge in [0.2, 0.25) is 0 Å². The third kappa shape index (κ3) is 7.69. The van der Waals surface area contributed by atoms with Gasteiger partial charge in [0.15, 0.2) is 0 Å². The van der Waals surface area contributed by atoms with Crippen molar-refractivity contribution in [3.8, 4) is 22.6 Å². The van der Waals surface area contributed by atoms with Gasteiger partial charge in [-0.1, -0.05) is 129 Å². The molecule has 5 heterocycles. The van der Waals surface area contributed by atoms with Gasteiger partial charge in [-0.2, -0.15) is 0 Å². The molecule has 4 aromatic carbocycles. The van der Waals surface area contributed by atoms with Crippen LogP contribution in [-0.2, 0) is 17.3 Å². The van der Waals surface area contributed by atoms with Crippen LogP contribution in [0.1, 0.15) is 115 Å². The summed E-state index contributed by atoms with van der Waals surface area (Å²) in [5.41, 5.74) is 10.9. The molecule has 9 rings (SSSR count). The lowest BCUT2D eigenvalue weighted by atomic mass is 9.85. The van der Waals surface area contributed by atoms with E-state index in [0.717, 1.165) is 67.2 Å². The van der Waals surface area contributed by atoms with Gasteiger partial charge in [0.05, 0.1) is 33.5 Å². The first-order valence-corrected chi connectivity index (χ1v) is 22.0. The Hall–Kier alpha value is -6.27. The molecule has 0 saturated carbocycles. The van der Waals surface area contributed by atoms with Crippen LogP contribution in [0.25, 0.3) is 88.7 Å². The van der Waals surface area contributed by atoms with Crippen molar-refractivity contribution in [1.29, 1.82) is 0 Å². The maximum absolute atomic E-state index is 12.3. The number of pyridine rings is 2. The standard InChI is InChI=1S/C55H56N4O2/c1-8-9-10-11-12-13-14-33-15-17-34(18-16-33)49-47-27-25-43(56-47)39-29-37(54(2,3)4)31-41(52(39)60)45-23-21-35-19-20-36-22-24-46(59-51(36)50(35)58-45)42-32-38(55(5,6)7)30-40(53(42)61)44-26-28-48(49)57-44/h15-32,56,60-61H,8-14H2,1-7H3. The zero-order chi connectivity index (χ0) is 42.6. The molecule has 6 nitrogen and oxygen atoms in total. The molecule has 1 aliphatic rings. The van der Waals surface area contributed by atoms with Crippen molar-refractivity contribution in [3.05, 3.63) is 125 Å². The van der Waals surface area contributed by atoms with Gasteiger partial charge < -0.3 is 15.2 Å². The van der Waals surface area contributed by atoms with Crippen LogP contribution in [0.3, 0.4) is 0 Å². The lowest BCUT2D eigenvalue weighted by Gasteiger charge is -2.20. The largest absolute Gasteiger partial charge is 0.507 e. The van der Waals surface area contributed by atoms with Crippen molar-refractivity contribution < 1.29 is 10.2 Å². The molecule has 0 radical (unpaired) electrons. The fraction of sp³-hybridized carbons (Fsp3) is 0.291. The van der Waals surface area contributed by atoms with Gasteiger partial charge in [0.1, 0.15) is 11.5 Å². The molecule has 4 aromatic heterocycles. The summed E-state index contributed by atoms with van der Waals surface area (Å²) in [6.45, 7) is 15.4. The smallest absolute Gasteiger partial charge is 0.134 e. The second kappa shape index (κ2) is 15.6. The van der Waals surface area contributed by atoms with Crippen molar-refractivity contribution in [1.82, 2.24) is 19.9 Å². The maximum atomic E-state index is 12.3. The number of hydrogen-bond donors (Lipinski definition) is 3. The number of phenolic OH excluding ortho intramolecular Hbond substituents is 2. The Morgan fingerprint density at radius 3 is 1.62 bits per heavy atom. The van der Waals surface area contributed by atoms with Crippen molar-refractivity contribution in [2.24, 2.45) is 0 Å². The van der Waals surface area contributed by atoms with Crippen LogP contribution in [0.2, 0.25) is 0 Å². The van der Waals surface area contributed by atoms with Crippen molar-refractivity contribution in [2.75, 3.05) is 0 Å². The highest BCUT2D eigenvalue weighted by atomic mass is 16.3. The van der Waals surface area contributed by atoms with Crippen molar-refractivity contribution in [3.63, 3.8) is 0 Å². The first-order chi connectivity index (χ1) is 29.3. The summed E-state index contributed by atoms with van der Waals surface area (Å²) in [6, 6.07) is 33.5. The number of aromatic amines is 1. The minimum absolute atomic E-state index is 0.134. The van der Waals surface area contributed by atoms with Gasteiger partial charge in [-0.05, 0) is 107 Å². The minimum atomic E-state index is -0.223. The maximum Gasteiger partial charge on any atom is 0.134 e. The number of hydrogen-bond acceptors (Lipinski definition) is 5. The van der Waals surface area contributed by atoms with Crippen LogP contribution in [0.5, 0.6) is 11.5 Å². The molecule has 0 atom stereocenters. The number of aromatic hydroxyl groups is 2. The highest BCUT2D eigenvalue weighted by Crippen LogP contribution is 2.40. The highest BCUT2D eigenvalue weighted by molar-refractivity contribution is 6.08. The summed E-state index contributed by atoms with van der Waals surface area (Å²) in [5.74, 6) is 0.291. The normalized spacial score (nSPS) is 12.7. The Bertz CT molecular complexity index is 3160. The molecule has 1 aliphatic heterocycles. The molecule has 8 aromatic rings. The molecule has 0 unspecified atom stereocenters. The zero-order valence-electron chi connectivity index (χ0n) is 36.6. The molecule has 3 N–H and O–H groups in total. The number of benzene rings is 4. The Labute approximate surface area is 358 Å². The van der Waals surface area contributed by atoms with Crippen LogP contribution in [-0.4, -0.2) is 30.1 Å². The molecule has 6 heteroatoms. The number of rotatable bonds is 8. The van der Waals surface area contributed by atoms with Crippen LogP contribution >= 0.6 is 0 Å². The highest BCUT2D eigenvalue weighted by Gasteiger charge is 2.21. The lowest BCUT2D eigenvalue weighted by molar-refractivity contribution is 0.486. The van der Waals surface area contributed by atoms with Gasteiger partial charge in [-0.3, -0.25) is 0 Å². The van der Waals surface area contributed by atoms with E-state index in [1.165, 1.54) is 44.1 Å². The van der Waals surface area contributed by atoms with E-state index in [1.807, 2.05) is 30.3 Å². The van der Waals surface area contributed by atoms with Crippen LogP contribution < -0.4 is 0 Å². The third-order valence-corrected chi connectivity index (χ3v) is 12.5. The van der Waals surface area contributed by atoms with Gasteiger partial charge in [-0.25, -0.2) is 15.0 Å². The predicted molar refractivity (Wildman–Crippen MR) is 258 cm³/mol. The quantitative estimate of drug-likeness (QED) is 0.105. The number of aryl methyl sites for hydroxylation is 1. The molecule has 61 heavy (non-hydrogen) atoms. The summed E-state index contributed by atoms with van der Waals surface area (Å²) in [4.78, 5) is 19.6. The fourth-order valence-electron chi connectivity index (χ4n) is 8.73. The Morgan fingerprint density at radius 1 is 0.508 bits per heavy atom. The number of nitrogens with one attached hydrogen (secondary N) is 1. The molecular weight excluding hydrogens is 749 g/mol. The van der Waals surface area contributed by atoms with E-state index in [4.69, 9.17) is 15.0 Å². The van der Waals surface area contributed by atoms with E-state index < -0.39 is 0 Å². The topological polar surface area (TPSA) is 94.9 Å². The molecule has 0 aliphatic carbocycles. The average Bonchev–Trinajstić information content (AvgIpc) is 3.92.